The maximum absolute atomic E-state index is 12.8. The standard InChI is InChI=1S/C23H28N2O2S/c26-21(18-10-14-25(15-11-18)22(27)20-9-6-16-28-20)24-17-23(12-4-5-13-23)19-7-2-1-3-8-19/h1-3,6-9,16,18H,4-5,10-15,17H2,(H,24,26). The van der Waals surface area contributed by atoms with Crippen molar-refractivity contribution >= 4 is 23.2 Å². The van der Waals surface area contributed by atoms with Gasteiger partial charge in [0.15, 0.2) is 0 Å². The van der Waals surface area contributed by atoms with Gasteiger partial charge < -0.3 is 10.2 Å². The topological polar surface area (TPSA) is 49.4 Å². The second-order valence-electron chi connectivity index (χ2n) is 8.12. The second-order valence-corrected chi connectivity index (χ2v) is 9.06. The van der Waals surface area contributed by atoms with Crippen molar-refractivity contribution < 1.29 is 9.59 Å². The number of nitrogens with one attached hydrogen (secondary N) is 1. The third kappa shape index (κ3) is 4.00. The van der Waals surface area contributed by atoms with Crippen molar-refractivity contribution in [2.24, 2.45) is 5.92 Å². The number of amides is 2. The van der Waals surface area contributed by atoms with Gasteiger partial charge in [0.25, 0.3) is 5.91 Å². The van der Waals surface area contributed by atoms with Crippen LogP contribution in [0, 0.1) is 5.92 Å². The zero-order chi connectivity index (χ0) is 19.4. The summed E-state index contributed by atoms with van der Waals surface area (Å²) in [5.74, 6) is 0.273. The first-order valence-corrected chi connectivity index (χ1v) is 11.2. The molecule has 1 aromatic carbocycles. The van der Waals surface area contributed by atoms with Crippen LogP contribution in [0.5, 0.6) is 0 Å². The molecule has 1 aliphatic heterocycles. The average Bonchev–Trinajstić information content (AvgIpc) is 3.45. The Labute approximate surface area is 170 Å². The van der Waals surface area contributed by atoms with Crippen LogP contribution < -0.4 is 5.32 Å². The normalized spacial score (nSPS) is 19.5. The summed E-state index contributed by atoms with van der Waals surface area (Å²) in [5.41, 5.74) is 1.44. The monoisotopic (exact) mass is 396 g/mol. The van der Waals surface area contributed by atoms with Crippen molar-refractivity contribution in [3.63, 3.8) is 0 Å². The van der Waals surface area contributed by atoms with Crippen LogP contribution in [0.25, 0.3) is 0 Å². The molecule has 0 spiro atoms. The van der Waals surface area contributed by atoms with E-state index >= 15 is 0 Å². The van der Waals surface area contributed by atoms with Crippen molar-refractivity contribution in [3.8, 4) is 0 Å². The molecule has 1 aliphatic carbocycles. The first-order valence-electron chi connectivity index (χ1n) is 10.3. The highest BCUT2D eigenvalue weighted by atomic mass is 32.1. The Morgan fingerprint density at radius 3 is 2.39 bits per heavy atom. The zero-order valence-electron chi connectivity index (χ0n) is 16.2. The fourth-order valence-corrected chi connectivity index (χ4v) is 5.40. The van der Waals surface area contributed by atoms with E-state index in [0.717, 1.165) is 37.1 Å². The van der Waals surface area contributed by atoms with Gasteiger partial charge in [-0.25, -0.2) is 0 Å². The van der Waals surface area contributed by atoms with Crippen LogP contribution in [0.3, 0.4) is 0 Å². The summed E-state index contributed by atoms with van der Waals surface area (Å²) in [6, 6.07) is 14.4. The van der Waals surface area contributed by atoms with E-state index in [0.29, 0.717) is 13.1 Å². The Balaban J connectivity index is 1.31. The number of rotatable bonds is 5. The maximum Gasteiger partial charge on any atom is 0.263 e. The molecule has 0 atom stereocenters. The third-order valence-corrected chi connectivity index (χ3v) is 7.29. The molecule has 0 bridgehead atoms. The molecular weight excluding hydrogens is 368 g/mol. The van der Waals surface area contributed by atoms with Crippen LogP contribution >= 0.6 is 11.3 Å². The van der Waals surface area contributed by atoms with Gasteiger partial charge in [-0.3, -0.25) is 9.59 Å². The van der Waals surface area contributed by atoms with Gasteiger partial charge in [0.05, 0.1) is 4.88 Å². The van der Waals surface area contributed by atoms with E-state index in [1.54, 1.807) is 0 Å². The van der Waals surface area contributed by atoms with E-state index < -0.39 is 0 Å². The van der Waals surface area contributed by atoms with Gasteiger partial charge in [-0.05, 0) is 42.7 Å². The molecular formula is C23H28N2O2S. The molecule has 1 saturated heterocycles. The molecule has 4 rings (SSSR count). The summed E-state index contributed by atoms with van der Waals surface area (Å²) in [5, 5.41) is 5.19. The molecule has 1 N–H and O–H groups in total. The molecule has 2 heterocycles. The Kier molecular flexibility index (Phi) is 5.81. The molecule has 2 amide bonds. The van der Waals surface area contributed by atoms with Crippen molar-refractivity contribution in [2.45, 2.75) is 43.9 Å². The molecule has 1 aromatic heterocycles. The van der Waals surface area contributed by atoms with Gasteiger partial charge in [0.2, 0.25) is 5.91 Å². The molecule has 4 nitrogen and oxygen atoms in total. The summed E-state index contributed by atoms with van der Waals surface area (Å²) in [6.07, 6.45) is 6.25. The lowest BCUT2D eigenvalue weighted by molar-refractivity contribution is -0.126. The van der Waals surface area contributed by atoms with Crippen LogP contribution in [0.15, 0.2) is 47.8 Å². The lowest BCUT2D eigenvalue weighted by Crippen LogP contribution is -2.45. The molecule has 28 heavy (non-hydrogen) atoms. The second kappa shape index (κ2) is 8.48. The average molecular weight is 397 g/mol. The number of benzene rings is 1. The molecule has 2 aromatic rings. The number of hydrogen-bond acceptors (Lipinski definition) is 3. The van der Waals surface area contributed by atoms with Gasteiger partial charge >= 0.3 is 0 Å². The minimum atomic E-state index is 0.0154. The number of hydrogen-bond donors (Lipinski definition) is 1. The number of nitrogens with zero attached hydrogens (tertiary/aromatic N) is 1. The third-order valence-electron chi connectivity index (χ3n) is 6.43. The van der Waals surface area contributed by atoms with Gasteiger partial charge in [-0.15, -0.1) is 11.3 Å². The van der Waals surface area contributed by atoms with Crippen molar-refractivity contribution in [3.05, 3.63) is 58.3 Å². The predicted octanol–water partition coefficient (Wildman–Crippen LogP) is 4.23. The Hall–Kier alpha value is -2.14. The largest absolute Gasteiger partial charge is 0.355 e. The molecule has 0 unspecified atom stereocenters. The van der Waals surface area contributed by atoms with E-state index in [2.05, 4.69) is 35.6 Å². The molecule has 2 fully saturated rings. The molecule has 1 saturated carbocycles. The van der Waals surface area contributed by atoms with Crippen LogP contribution in [0.2, 0.25) is 0 Å². The lowest BCUT2D eigenvalue weighted by Gasteiger charge is -2.33. The predicted molar refractivity (Wildman–Crippen MR) is 113 cm³/mol. The maximum atomic E-state index is 12.8. The van der Waals surface area contributed by atoms with Gasteiger partial charge in [-0.1, -0.05) is 49.2 Å². The quantitative estimate of drug-likeness (QED) is 0.822. The molecule has 0 radical (unpaired) electrons. The Morgan fingerprint density at radius 2 is 1.75 bits per heavy atom. The number of piperidine rings is 1. The molecule has 2 aliphatic rings. The fraction of sp³-hybridized carbons (Fsp3) is 0.478. The smallest absolute Gasteiger partial charge is 0.263 e. The van der Waals surface area contributed by atoms with Crippen molar-refractivity contribution in [1.29, 1.82) is 0 Å². The summed E-state index contributed by atoms with van der Waals surface area (Å²) >= 11 is 1.48. The number of thiophene rings is 1. The number of carbonyl (C=O) groups excluding carboxylic acids is 2. The van der Waals surface area contributed by atoms with Crippen LogP contribution in [0.4, 0.5) is 0 Å². The van der Waals surface area contributed by atoms with Crippen molar-refractivity contribution in [2.75, 3.05) is 19.6 Å². The molecule has 5 heteroatoms. The first kappa shape index (κ1) is 19.2. The summed E-state index contributed by atoms with van der Waals surface area (Å²) in [6.45, 7) is 2.06. The highest BCUT2D eigenvalue weighted by Gasteiger charge is 2.36. The Morgan fingerprint density at radius 1 is 1.04 bits per heavy atom. The van der Waals surface area contributed by atoms with Crippen LogP contribution in [-0.4, -0.2) is 36.3 Å². The van der Waals surface area contributed by atoms with E-state index in [1.807, 2.05) is 22.4 Å². The van der Waals surface area contributed by atoms with Crippen LogP contribution in [0.1, 0.15) is 53.8 Å². The van der Waals surface area contributed by atoms with Gasteiger partial charge in [-0.2, -0.15) is 0 Å². The van der Waals surface area contributed by atoms with E-state index in [9.17, 15) is 9.59 Å². The lowest BCUT2D eigenvalue weighted by atomic mass is 9.78. The van der Waals surface area contributed by atoms with Crippen molar-refractivity contribution in [1.82, 2.24) is 10.2 Å². The van der Waals surface area contributed by atoms with Crippen LogP contribution in [-0.2, 0) is 10.2 Å². The minimum Gasteiger partial charge on any atom is -0.355 e. The van der Waals surface area contributed by atoms with E-state index in [4.69, 9.17) is 0 Å². The highest BCUT2D eigenvalue weighted by molar-refractivity contribution is 7.12. The summed E-state index contributed by atoms with van der Waals surface area (Å²) in [4.78, 5) is 28.0. The number of likely N-dealkylation sites (tertiary alicyclic amines) is 1. The summed E-state index contributed by atoms with van der Waals surface area (Å²) in [7, 11) is 0. The highest BCUT2D eigenvalue weighted by Crippen LogP contribution is 2.40. The zero-order valence-corrected chi connectivity index (χ0v) is 17.0. The van der Waals surface area contributed by atoms with Gasteiger partial charge in [0.1, 0.15) is 0 Å². The SMILES string of the molecule is O=C(NCC1(c2ccccc2)CCCC1)C1CCN(C(=O)c2cccs2)CC1. The number of carbonyl (C=O) groups is 2. The Bertz CT molecular complexity index is 789. The fourth-order valence-electron chi connectivity index (χ4n) is 4.71. The first-order chi connectivity index (χ1) is 13.7. The minimum absolute atomic E-state index is 0.0154. The van der Waals surface area contributed by atoms with E-state index in [-0.39, 0.29) is 23.1 Å². The van der Waals surface area contributed by atoms with Gasteiger partial charge in [0, 0.05) is 31.0 Å². The summed E-state index contributed by atoms with van der Waals surface area (Å²) < 4.78 is 0. The molecule has 148 valence electrons. The van der Waals surface area contributed by atoms with E-state index in [1.165, 1.54) is 29.7 Å².